The fourth-order valence-corrected chi connectivity index (χ4v) is 3.81. The topological polar surface area (TPSA) is 72.2 Å². The number of hydrogen-bond donors (Lipinski definition) is 1. The largest absolute Gasteiger partial charge is 0.306 e. The molecular weight excluding hydrogens is 398 g/mol. The Hall–Kier alpha value is -4.06. The van der Waals surface area contributed by atoms with Crippen LogP contribution in [0.3, 0.4) is 0 Å². The van der Waals surface area contributed by atoms with Crippen LogP contribution >= 0.6 is 0 Å². The Balaban J connectivity index is 1.58. The number of amides is 1. The van der Waals surface area contributed by atoms with E-state index in [2.05, 4.69) is 27.3 Å². The summed E-state index contributed by atoms with van der Waals surface area (Å²) in [4.78, 5) is 22.6. The molecule has 1 amide bonds. The Morgan fingerprint density at radius 2 is 1.72 bits per heavy atom. The van der Waals surface area contributed by atoms with Crippen molar-refractivity contribution in [3.05, 3.63) is 90.1 Å². The van der Waals surface area contributed by atoms with Crippen LogP contribution in [0.1, 0.15) is 35.8 Å². The smallest absolute Gasteiger partial charge is 0.257 e. The zero-order valence-corrected chi connectivity index (χ0v) is 17.8. The molecule has 158 valence electrons. The van der Waals surface area contributed by atoms with Crippen LogP contribution in [0.2, 0.25) is 0 Å². The quantitative estimate of drug-likeness (QED) is 0.391. The molecule has 32 heavy (non-hydrogen) atoms. The van der Waals surface area contributed by atoms with Crippen molar-refractivity contribution in [2.45, 2.75) is 26.2 Å². The Labute approximate surface area is 186 Å². The van der Waals surface area contributed by atoms with Gasteiger partial charge in [-0.25, -0.2) is 4.98 Å². The zero-order valence-electron chi connectivity index (χ0n) is 17.8. The van der Waals surface area contributed by atoms with E-state index in [4.69, 9.17) is 0 Å². The number of carbonyl (C=O) groups excluding carboxylic acids is 1. The van der Waals surface area contributed by atoms with Gasteiger partial charge in [-0.2, -0.15) is 9.50 Å². The summed E-state index contributed by atoms with van der Waals surface area (Å²) in [6.07, 6.45) is 2.89. The van der Waals surface area contributed by atoms with Crippen LogP contribution in [0.25, 0.3) is 27.9 Å². The van der Waals surface area contributed by atoms with Gasteiger partial charge in [0.2, 0.25) is 0 Å². The molecule has 0 saturated carbocycles. The van der Waals surface area contributed by atoms with Crippen molar-refractivity contribution in [3.8, 4) is 11.4 Å². The lowest BCUT2D eigenvalue weighted by molar-refractivity contribution is 0.102. The van der Waals surface area contributed by atoms with Crippen LogP contribution in [-0.4, -0.2) is 25.5 Å². The van der Waals surface area contributed by atoms with Crippen LogP contribution in [0, 0.1) is 0 Å². The molecule has 3 aromatic carbocycles. The van der Waals surface area contributed by atoms with Crippen molar-refractivity contribution >= 4 is 28.3 Å². The third kappa shape index (κ3) is 3.83. The van der Waals surface area contributed by atoms with Gasteiger partial charge < -0.3 is 5.32 Å². The maximum atomic E-state index is 13.3. The molecule has 6 heteroatoms. The molecule has 0 fully saturated rings. The molecule has 0 aliphatic carbocycles. The van der Waals surface area contributed by atoms with Crippen molar-refractivity contribution in [1.29, 1.82) is 0 Å². The molecule has 2 heterocycles. The van der Waals surface area contributed by atoms with E-state index in [9.17, 15) is 4.79 Å². The summed E-state index contributed by atoms with van der Waals surface area (Å²) in [5, 5.41) is 9.63. The van der Waals surface area contributed by atoms with Gasteiger partial charge in [-0.3, -0.25) is 4.79 Å². The summed E-state index contributed by atoms with van der Waals surface area (Å²) < 4.78 is 1.61. The SMILES string of the molecule is CCCCc1cc(NC(=O)c2cccc3ccccc23)n2nc(-c3ccccc3)nc2n1. The number of rotatable bonds is 6. The molecule has 0 unspecified atom stereocenters. The molecule has 5 rings (SSSR count). The second kappa shape index (κ2) is 8.59. The molecule has 0 radical (unpaired) electrons. The van der Waals surface area contributed by atoms with E-state index in [0.717, 1.165) is 41.3 Å². The third-order valence-electron chi connectivity index (χ3n) is 5.46. The summed E-state index contributed by atoms with van der Waals surface area (Å²) in [6, 6.07) is 25.3. The van der Waals surface area contributed by atoms with E-state index >= 15 is 0 Å². The van der Waals surface area contributed by atoms with Gasteiger partial charge >= 0.3 is 0 Å². The predicted molar refractivity (Wildman–Crippen MR) is 127 cm³/mol. The van der Waals surface area contributed by atoms with E-state index in [1.165, 1.54) is 0 Å². The number of aromatic nitrogens is 4. The minimum atomic E-state index is -0.187. The number of nitrogens with one attached hydrogen (secondary N) is 1. The number of aryl methyl sites for hydroxylation is 1. The molecule has 6 nitrogen and oxygen atoms in total. The van der Waals surface area contributed by atoms with Crippen molar-refractivity contribution < 1.29 is 4.79 Å². The molecule has 2 aromatic heterocycles. The van der Waals surface area contributed by atoms with Crippen LogP contribution in [0.4, 0.5) is 5.82 Å². The van der Waals surface area contributed by atoms with Crippen molar-refractivity contribution in [1.82, 2.24) is 19.6 Å². The molecule has 0 atom stereocenters. The second-order valence-corrected chi connectivity index (χ2v) is 7.73. The Kier molecular flexibility index (Phi) is 5.34. The van der Waals surface area contributed by atoms with Gasteiger partial charge in [0, 0.05) is 22.9 Å². The Bertz CT molecular complexity index is 1400. The van der Waals surface area contributed by atoms with E-state index in [-0.39, 0.29) is 5.91 Å². The standard InChI is InChI=1S/C26H23N5O/c1-2-3-14-20-17-23(28-25(32)22-16-9-13-18-10-7-8-15-21(18)22)31-26(27-20)29-24(30-31)19-11-5-4-6-12-19/h4-13,15-17H,2-3,14H2,1H3,(H,28,32). The molecule has 0 spiro atoms. The summed E-state index contributed by atoms with van der Waals surface area (Å²) in [5.74, 6) is 1.43. The number of unbranched alkanes of at least 4 members (excludes halogenated alkanes) is 1. The minimum Gasteiger partial charge on any atom is -0.306 e. The summed E-state index contributed by atoms with van der Waals surface area (Å²) in [6.45, 7) is 2.15. The zero-order chi connectivity index (χ0) is 21.9. The Morgan fingerprint density at radius 3 is 2.56 bits per heavy atom. The van der Waals surface area contributed by atoms with Crippen molar-refractivity contribution in [3.63, 3.8) is 0 Å². The molecule has 0 aliphatic rings. The molecule has 5 aromatic rings. The Morgan fingerprint density at radius 1 is 0.938 bits per heavy atom. The lowest BCUT2D eigenvalue weighted by Crippen LogP contribution is -2.16. The number of anilines is 1. The average molecular weight is 422 g/mol. The van der Waals surface area contributed by atoms with Crippen LogP contribution < -0.4 is 5.32 Å². The van der Waals surface area contributed by atoms with E-state index in [1.54, 1.807) is 4.52 Å². The van der Waals surface area contributed by atoms with E-state index in [1.807, 2.05) is 78.9 Å². The summed E-state index contributed by atoms with van der Waals surface area (Å²) >= 11 is 0. The van der Waals surface area contributed by atoms with Crippen LogP contribution in [0.5, 0.6) is 0 Å². The van der Waals surface area contributed by atoms with Gasteiger partial charge in [0.05, 0.1) is 0 Å². The number of nitrogens with zero attached hydrogens (tertiary/aromatic N) is 4. The highest BCUT2D eigenvalue weighted by atomic mass is 16.1. The number of carbonyl (C=O) groups is 1. The van der Waals surface area contributed by atoms with E-state index in [0.29, 0.717) is 23.0 Å². The summed E-state index contributed by atoms with van der Waals surface area (Å²) in [7, 11) is 0. The van der Waals surface area contributed by atoms with E-state index < -0.39 is 0 Å². The first-order valence-corrected chi connectivity index (χ1v) is 10.8. The lowest BCUT2D eigenvalue weighted by atomic mass is 10.0. The highest BCUT2D eigenvalue weighted by molar-refractivity contribution is 6.12. The van der Waals surface area contributed by atoms with Crippen LogP contribution in [0.15, 0.2) is 78.9 Å². The van der Waals surface area contributed by atoms with Gasteiger partial charge in [0.25, 0.3) is 11.7 Å². The third-order valence-corrected chi connectivity index (χ3v) is 5.46. The first-order chi connectivity index (χ1) is 15.7. The van der Waals surface area contributed by atoms with Crippen molar-refractivity contribution in [2.24, 2.45) is 0 Å². The maximum Gasteiger partial charge on any atom is 0.257 e. The second-order valence-electron chi connectivity index (χ2n) is 7.73. The fourth-order valence-electron chi connectivity index (χ4n) is 3.81. The highest BCUT2D eigenvalue weighted by Crippen LogP contribution is 2.22. The first kappa shape index (κ1) is 19.9. The number of hydrogen-bond acceptors (Lipinski definition) is 4. The number of benzene rings is 3. The monoisotopic (exact) mass is 421 g/mol. The normalized spacial score (nSPS) is 11.2. The highest BCUT2D eigenvalue weighted by Gasteiger charge is 2.16. The van der Waals surface area contributed by atoms with Crippen LogP contribution in [-0.2, 0) is 6.42 Å². The molecule has 0 bridgehead atoms. The number of fused-ring (bicyclic) bond motifs is 2. The lowest BCUT2D eigenvalue weighted by Gasteiger charge is -2.10. The van der Waals surface area contributed by atoms with Gasteiger partial charge in [-0.05, 0) is 29.7 Å². The van der Waals surface area contributed by atoms with Gasteiger partial charge in [-0.1, -0.05) is 80.1 Å². The molecule has 0 aliphatic heterocycles. The summed E-state index contributed by atoms with van der Waals surface area (Å²) in [5.41, 5.74) is 2.41. The van der Waals surface area contributed by atoms with Gasteiger partial charge in [0.1, 0.15) is 5.82 Å². The molecule has 0 saturated heterocycles. The molecular formula is C26H23N5O. The maximum absolute atomic E-state index is 13.3. The van der Waals surface area contributed by atoms with Gasteiger partial charge in [-0.15, -0.1) is 5.10 Å². The average Bonchev–Trinajstić information content (AvgIpc) is 3.27. The minimum absolute atomic E-state index is 0.187. The van der Waals surface area contributed by atoms with Gasteiger partial charge in [0.15, 0.2) is 5.82 Å². The van der Waals surface area contributed by atoms with Crippen molar-refractivity contribution in [2.75, 3.05) is 5.32 Å². The fraction of sp³-hybridized carbons (Fsp3) is 0.154. The molecule has 1 N–H and O–H groups in total. The predicted octanol–water partition coefficient (Wildman–Crippen LogP) is 5.54. The first-order valence-electron chi connectivity index (χ1n) is 10.8.